The molecule has 3 nitrogen and oxygen atoms in total. The fraction of sp³-hybridized carbons (Fsp3) is 0. The molecule has 1 aliphatic rings. The molecule has 2 aromatic carbocycles. The standard InChI is InChI=1S/C15H6Br2Cl2O3/c16-7-4-8-13(20)12(22-15(8)9(17)5-7)3-6-1-10(18)14(21)11(19)2-6/h1-5,21H/b12-3-. The molecule has 112 valence electrons. The van der Waals surface area contributed by atoms with Gasteiger partial charge in [-0.2, -0.15) is 0 Å². The van der Waals surface area contributed by atoms with E-state index in [1.54, 1.807) is 12.1 Å². The van der Waals surface area contributed by atoms with Gasteiger partial charge in [-0.25, -0.2) is 0 Å². The van der Waals surface area contributed by atoms with Crippen LogP contribution in [-0.4, -0.2) is 10.9 Å². The number of carbonyl (C=O) groups excluding carboxylic acids is 1. The highest BCUT2D eigenvalue weighted by atomic mass is 79.9. The van der Waals surface area contributed by atoms with E-state index >= 15 is 0 Å². The number of allylic oxidation sites excluding steroid dienone is 1. The minimum absolute atomic E-state index is 0.103. The Hall–Kier alpha value is -1.01. The molecule has 1 N–H and O–H groups in total. The van der Waals surface area contributed by atoms with Crippen molar-refractivity contribution in [3.05, 3.63) is 60.1 Å². The normalized spacial score (nSPS) is 15.1. The summed E-state index contributed by atoms with van der Waals surface area (Å²) >= 11 is 18.4. The second-order valence-corrected chi connectivity index (χ2v) is 7.12. The van der Waals surface area contributed by atoms with Crippen LogP contribution in [0.5, 0.6) is 11.5 Å². The molecule has 2 aromatic rings. The lowest BCUT2D eigenvalue weighted by Gasteiger charge is -2.03. The third-order valence-electron chi connectivity index (χ3n) is 3.03. The number of aromatic hydroxyl groups is 1. The zero-order valence-corrected chi connectivity index (χ0v) is 15.3. The minimum atomic E-state index is -0.239. The number of hydrogen-bond acceptors (Lipinski definition) is 3. The molecule has 7 heteroatoms. The Morgan fingerprint density at radius 1 is 1.09 bits per heavy atom. The third-order valence-corrected chi connectivity index (χ3v) is 4.65. The number of carbonyl (C=O) groups is 1. The molecule has 0 amide bonds. The minimum Gasteiger partial charge on any atom is -0.505 e. The summed E-state index contributed by atoms with van der Waals surface area (Å²) in [4.78, 5) is 12.4. The van der Waals surface area contributed by atoms with Gasteiger partial charge >= 0.3 is 0 Å². The number of Topliss-reactive ketones (excluding diaryl/α,β-unsaturated/α-hetero) is 1. The van der Waals surface area contributed by atoms with E-state index in [0.29, 0.717) is 21.3 Å². The van der Waals surface area contributed by atoms with E-state index < -0.39 is 0 Å². The van der Waals surface area contributed by atoms with Crippen LogP contribution in [0.25, 0.3) is 6.08 Å². The molecule has 0 aliphatic carbocycles. The van der Waals surface area contributed by atoms with Gasteiger partial charge in [-0.1, -0.05) is 39.1 Å². The van der Waals surface area contributed by atoms with E-state index in [4.69, 9.17) is 27.9 Å². The lowest BCUT2D eigenvalue weighted by Crippen LogP contribution is -1.98. The van der Waals surface area contributed by atoms with Crippen molar-refractivity contribution in [3.8, 4) is 11.5 Å². The summed E-state index contributed by atoms with van der Waals surface area (Å²) in [6.45, 7) is 0. The van der Waals surface area contributed by atoms with E-state index in [1.165, 1.54) is 18.2 Å². The first-order valence-corrected chi connectivity index (χ1v) is 8.32. The number of ketones is 1. The third kappa shape index (κ3) is 2.78. The van der Waals surface area contributed by atoms with Crippen LogP contribution >= 0.6 is 55.1 Å². The van der Waals surface area contributed by atoms with Crippen molar-refractivity contribution in [2.24, 2.45) is 0 Å². The highest BCUT2D eigenvalue weighted by molar-refractivity contribution is 9.11. The molecule has 0 spiro atoms. The van der Waals surface area contributed by atoms with Crippen LogP contribution in [0.15, 0.2) is 39.0 Å². The predicted molar refractivity (Wildman–Crippen MR) is 92.9 cm³/mol. The van der Waals surface area contributed by atoms with Gasteiger partial charge in [-0.3, -0.25) is 4.79 Å². The maximum atomic E-state index is 12.4. The molecule has 0 saturated heterocycles. The Morgan fingerprint density at radius 3 is 2.36 bits per heavy atom. The number of rotatable bonds is 1. The number of phenols is 1. The molecular weight excluding hydrogens is 459 g/mol. The van der Waals surface area contributed by atoms with Crippen molar-refractivity contribution in [1.29, 1.82) is 0 Å². The van der Waals surface area contributed by atoms with Crippen molar-refractivity contribution in [2.45, 2.75) is 0 Å². The number of halogens is 4. The van der Waals surface area contributed by atoms with Crippen molar-refractivity contribution >= 4 is 66.9 Å². The zero-order chi connectivity index (χ0) is 16.0. The van der Waals surface area contributed by atoms with E-state index in [-0.39, 0.29) is 27.3 Å². The molecule has 1 heterocycles. The van der Waals surface area contributed by atoms with E-state index in [0.717, 1.165) is 4.47 Å². The maximum absolute atomic E-state index is 12.4. The molecule has 0 saturated carbocycles. The Kier molecular flexibility index (Phi) is 4.25. The highest BCUT2D eigenvalue weighted by Gasteiger charge is 2.29. The molecular formula is C15H6Br2Cl2O3. The average molecular weight is 465 g/mol. The zero-order valence-electron chi connectivity index (χ0n) is 10.7. The molecule has 0 radical (unpaired) electrons. The molecule has 0 atom stereocenters. The number of ether oxygens (including phenoxy) is 1. The van der Waals surface area contributed by atoms with Gasteiger partial charge in [-0.05, 0) is 51.8 Å². The quantitative estimate of drug-likeness (QED) is 0.539. The summed E-state index contributed by atoms with van der Waals surface area (Å²) in [5, 5.41) is 9.76. The van der Waals surface area contributed by atoms with Gasteiger partial charge in [-0.15, -0.1) is 0 Å². The summed E-state index contributed by atoms with van der Waals surface area (Å²) in [6, 6.07) is 6.49. The SMILES string of the molecule is O=C1/C(=C/c2cc(Cl)c(O)c(Cl)c2)Oc2c(Br)cc(Br)cc21. The van der Waals surface area contributed by atoms with Crippen LogP contribution in [0.3, 0.4) is 0 Å². The van der Waals surface area contributed by atoms with Gasteiger partial charge in [0.1, 0.15) is 0 Å². The van der Waals surface area contributed by atoms with Gasteiger partial charge < -0.3 is 9.84 Å². The highest BCUT2D eigenvalue weighted by Crippen LogP contribution is 2.41. The smallest absolute Gasteiger partial charge is 0.232 e. The summed E-state index contributed by atoms with van der Waals surface area (Å²) in [5.41, 5.74) is 1.02. The number of phenolic OH excluding ortho intramolecular Hbond substituents is 1. The fourth-order valence-electron chi connectivity index (χ4n) is 2.04. The summed E-state index contributed by atoms with van der Waals surface area (Å²) < 4.78 is 7.06. The summed E-state index contributed by atoms with van der Waals surface area (Å²) in [7, 11) is 0. The van der Waals surface area contributed by atoms with Crippen molar-refractivity contribution in [3.63, 3.8) is 0 Å². The van der Waals surface area contributed by atoms with Crippen LogP contribution in [0.4, 0.5) is 0 Å². The van der Waals surface area contributed by atoms with Crippen molar-refractivity contribution < 1.29 is 14.6 Å². The van der Waals surface area contributed by atoms with Gasteiger partial charge in [0.25, 0.3) is 0 Å². The number of benzene rings is 2. The van der Waals surface area contributed by atoms with E-state index in [9.17, 15) is 9.90 Å². The van der Waals surface area contributed by atoms with E-state index in [1.807, 2.05) is 0 Å². The Morgan fingerprint density at radius 2 is 1.73 bits per heavy atom. The van der Waals surface area contributed by atoms with Crippen molar-refractivity contribution in [1.82, 2.24) is 0 Å². The lowest BCUT2D eigenvalue weighted by atomic mass is 10.1. The monoisotopic (exact) mass is 462 g/mol. The molecule has 3 rings (SSSR count). The van der Waals surface area contributed by atoms with Crippen LogP contribution < -0.4 is 4.74 Å². The van der Waals surface area contributed by atoms with Crippen molar-refractivity contribution in [2.75, 3.05) is 0 Å². The molecule has 22 heavy (non-hydrogen) atoms. The van der Waals surface area contributed by atoms with Crippen LogP contribution in [0.1, 0.15) is 15.9 Å². The second kappa shape index (κ2) is 5.89. The van der Waals surface area contributed by atoms with Crippen LogP contribution in [0.2, 0.25) is 10.0 Å². The first kappa shape index (κ1) is 15.9. The number of hydrogen-bond donors (Lipinski definition) is 1. The van der Waals surface area contributed by atoms with E-state index in [2.05, 4.69) is 31.9 Å². The first-order valence-electron chi connectivity index (χ1n) is 5.98. The summed E-state index contributed by atoms with van der Waals surface area (Å²) in [6.07, 6.45) is 1.53. The average Bonchev–Trinajstić information content (AvgIpc) is 2.74. The maximum Gasteiger partial charge on any atom is 0.232 e. The lowest BCUT2D eigenvalue weighted by molar-refractivity contribution is 0.101. The van der Waals surface area contributed by atoms with Gasteiger partial charge in [0.15, 0.2) is 17.3 Å². The molecule has 1 aliphatic heterocycles. The largest absolute Gasteiger partial charge is 0.505 e. The van der Waals surface area contributed by atoms with Crippen LogP contribution in [-0.2, 0) is 0 Å². The first-order chi connectivity index (χ1) is 10.4. The predicted octanol–water partition coefficient (Wildman–Crippen LogP) is 5.84. The molecule has 0 fully saturated rings. The van der Waals surface area contributed by atoms with Gasteiger partial charge in [0.05, 0.1) is 20.1 Å². The van der Waals surface area contributed by atoms with Gasteiger partial charge in [0.2, 0.25) is 5.78 Å². The molecule has 0 bridgehead atoms. The summed E-state index contributed by atoms with van der Waals surface area (Å²) in [5.74, 6) is 0.193. The molecule has 0 aromatic heterocycles. The second-order valence-electron chi connectivity index (χ2n) is 4.54. The van der Waals surface area contributed by atoms with Gasteiger partial charge in [0, 0.05) is 4.47 Å². The topological polar surface area (TPSA) is 46.5 Å². The Balaban J connectivity index is 2.05. The number of fused-ring (bicyclic) bond motifs is 1. The van der Waals surface area contributed by atoms with Crippen LogP contribution in [0, 0.1) is 0 Å². The fourth-order valence-corrected chi connectivity index (χ4v) is 3.85. The Bertz CT molecular complexity index is 824. The molecule has 0 unspecified atom stereocenters. The Labute approximate surface area is 152 Å².